The van der Waals surface area contributed by atoms with Crippen LogP contribution in [0.1, 0.15) is 5.56 Å². The lowest BCUT2D eigenvalue weighted by molar-refractivity contribution is 0.415. The molecule has 1 aliphatic heterocycles. The van der Waals surface area contributed by atoms with Gasteiger partial charge in [0.25, 0.3) is 5.56 Å². The summed E-state index contributed by atoms with van der Waals surface area (Å²) in [7, 11) is 3.17. The van der Waals surface area contributed by atoms with Gasteiger partial charge in [-0.2, -0.15) is 4.98 Å². The van der Waals surface area contributed by atoms with E-state index in [4.69, 9.17) is 4.74 Å². The number of aryl methyl sites for hydroxylation is 1. The molecule has 5 rings (SSSR count). The minimum Gasteiger partial charge on any atom is -0.495 e. The van der Waals surface area contributed by atoms with Crippen molar-refractivity contribution < 1.29 is 9.13 Å². The Morgan fingerprint density at radius 1 is 1.06 bits per heavy atom. The Morgan fingerprint density at radius 2 is 1.81 bits per heavy atom. The monoisotopic (exact) mass is 421 g/mol. The quantitative estimate of drug-likeness (QED) is 0.505. The Morgan fingerprint density at radius 3 is 2.58 bits per heavy atom. The van der Waals surface area contributed by atoms with Crippen molar-refractivity contribution in [2.24, 2.45) is 7.05 Å². The maximum absolute atomic E-state index is 14.2. The van der Waals surface area contributed by atoms with Crippen molar-refractivity contribution in [3.05, 3.63) is 80.7 Å². The van der Waals surface area contributed by atoms with Crippen molar-refractivity contribution in [1.82, 2.24) is 18.7 Å². The van der Waals surface area contributed by atoms with Gasteiger partial charge >= 0.3 is 5.69 Å². The summed E-state index contributed by atoms with van der Waals surface area (Å²) >= 11 is 0. The average Bonchev–Trinajstić information content (AvgIpc) is 3.36. The highest BCUT2D eigenvalue weighted by Crippen LogP contribution is 2.36. The van der Waals surface area contributed by atoms with E-state index in [1.165, 1.54) is 10.6 Å². The first-order chi connectivity index (χ1) is 15.0. The summed E-state index contributed by atoms with van der Waals surface area (Å²) < 4.78 is 23.8. The summed E-state index contributed by atoms with van der Waals surface area (Å²) in [6.07, 6.45) is 0. The van der Waals surface area contributed by atoms with Crippen LogP contribution in [0.3, 0.4) is 0 Å². The van der Waals surface area contributed by atoms with E-state index in [1.807, 2.05) is 29.2 Å². The van der Waals surface area contributed by atoms with E-state index in [9.17, 15) is 14.0 Å². The number of fused-ring (bicyclic) bond motifs is 3. The van der Waals surface area contributed by atoms with Gasteiger partial charge in [-0.15, -0.1) is 0 Å². The highest BCUT2D eigenvalue weighted by molar-refractivity contribution is 5.79. The lowest BCUT2D eigenvalue weighted by Crippen LogP contribution is -2.40. The summed E-state index contributed by atoms with van der Waals surface area (Å²) in [4.78, 5) is 32.8. The summed E-state index contributed by atoms with van der Waals surface area (Å²) in [5.41, 5.74) is 0.706. The molecule has 0 saturated carbocycles. The lowest BCUT2D eigenvalue weighted by Gasteiger charge is -2.18. The van der Waals surface area contributed by atoms with E-state index in [2.05, 4.69) is 4.98 Å². The van der Waals surface area contributed by atoms with Crippen LogP contribution in [-0.2, 0) is 20.1 Å². The second kappa shape index (κ2) is 7.12. The molecule has 2 aromatic heterocycles. The molecule has 0 saturated heterocycles. The smallest absolute Gasteiger partial charge is 0.332 e. The number of imidazole rings is 1. The first-order valence-corrected chi connectivity index (χ1v) is 9.85. The van der Waals surface area contributed by atoms with Gasteiger partial charge in [0, 0.05) is 25.7 Å². The van der Waals surface area contributed by atoms with Gasteiger partial charge in [-0.25, -0.2) is 9.18 Å². The molecular weight excluding hydrogens is 401 g/mol. The normalized spacial score (nSPS) is 13.1. The Kier molecular flexibility index (Phi) is 4.39. The molecule has 4 aromatic rings. The number of rotatable bonds is 4. The van der Waals surface area contributed by atoms with Gasteiger partial charge in [-0.3, -0.25) is 13.9 Å². The predicted octanol–water partition coefficient (Wildman–Crippen LogP) is 2.24. The van der Waals surface area contributed by atoms with Crippen molar-refractivity contribution in [2.75, 3.05) is 18.6 Å². The number of halogens is 1. The summed E-state index contributed by atoms with van der Waals surface area (Å²) in [5.74, 6) is 0.793. The Balaban J connectivity index is 1.70. The standard InChI is InChI=1S/C22H20FN5O3/c1-25-19-18(20(29)28(22(25)30)13-14-7-3-4-8-15(14)23)27-12-11-26(21(27)24-19)16-9-5-6-10-17(16)31-2/h3-10H,11-13H2,1-2H3. The van der Waals surface area contributed by atoms with Crippen molar-refractivity contribution in [2.45, 2.75) is 13.1 Å². The lowest BCUT2D eigenvalue weighted by atomic mass is 10.2. The first kappa shape index (κ1) is 19.1. The zero-order chi connectivity index (χ0) is 21.7. The summed E-state index contributed by atoms with van der Waals surface area (Å²) in [6, 6.07) is 13.7. The molecular formula is C22H20FN5O3. The summed E-state index contributed by atoms with van der Waals surface area (Å²) in [6.45, 7) is 0.982. The van der Waals surface area contributed by atoms with Crippen LogP contribution in [0.2, 0.25) is 0 Å². The molecule has 0 unspecified atom stereocenters. The summed E-state index contributed by atoms with van der Waals surface area (Å²) in [5, 5.41) is 0. The molecule has 0 fully saturated rings. The SMILES string of the molecule is COc1ccccc1N1CCn2c1nc1c2c(=O)n(Cc2ccccc2F)c(=O)n1C. The molecule has 9 heteroatoms. The Bertz CT molecular complexity index is 1440. The largest absolute Gasteiger partial charge is 0.495 e. The number of anilines is 2. The number of aromatic nitrogens is 4. The van der Waals surface area contributed by atoms with Crippen molar-refractivity contribution in [3.8, 4) is 5.75 Å². The zero-order valence-electron chi connectivity index (χ0n) is 17.1. The van der Waals surface area contributed by atoms with Crippen LogP contribution in [0.15, 0.2) is 58.1 Å². The predicted molar refractivity (Wildman–Crippen MR) is 115 cm³/mol. The van der Waals surface area contributed by atoms with Crippen LogP contribution in [0.25, 0.3) is 11.2 Å². The molecule has 0 radical (unpaired) electrons. The van der Waals surface area contributed by atoms with E-state index in [1.54, 1.807) is 36.9 Å². The maximum Gasteiger partial charge on any atom is 0.332 e. The third-order valence-electron chi connectivity index (χ3n) is 5.66. The second-order valence-corrected chi connectivity index (χ2v) is 7.38. The zero-order valence-corrected chi connectivity index (χ0v) is 17.1. The van der Waals surface area contributed by atoms with Gasteiger partial charge in [0.15, 0.2) is 11.2 Å². The molecule has 158 valence electrons. The molecule has 8 nitrogen and oxygen atoms in total. The molecule has 3 heterocycles. The molecule has 0 bridgehead atoms. The Hall–Kier alpha value is -3.88. The number of methoxy groups -OCH3 is 1. The number of hydrogen-bond donors (Lipinski definition) is 0. The molecule has 1 aliphatic rings. The first-order valence-electron chi connectivity index (χ1n) is 9.85. The second-order valence-electron chi connectivity index (χ2n) is 7.38. The van der Waals surface area contributed by atoms with Crippen molar-refractivity contribution in [1.29, 1.82) is 0 Å². The van der Waals surface area contributed by atoms with Gasteiger partial charge < -0.3 is 14.2 Å². The van der Waals surface area contributed by atoms with Gasteiger partial charge in [-0.05, 0) is 18.2 Å². The highest BCUT2D eigenvalue weighted by Gasteiger charge is 2.30. The minimum atomic E-state index is -0.540. The van der Waals surface area contributed by atoms with Crippen LogP contribution in [0.5, 0.6) is 5.75 Å². The molecule has 31 heavy (non-hydrogen) atoms. The average molecular weight is 421 g/mol. The van der Waals surface area contributed by atoms with Crippen LogP contribution in [-0.4, -0.2) is 32.3 Å². The van der Waals surface area contributed by atoms with Crippen LogP contribution >= 0.6 is 0 Å². The van der Waals surface area contributed by atoms with Gasteiger partial charge in [0.05, 0.1) is 19.3 Å². The molecule has 2 aromatic carbocycles. The van der Waals surface area contributed by atoms with Crippen LogP contribution in [0.4, 0.5) is 16.0 Å². The van der Waals surface area contributed by atoms with Gasteiger partial charge in [0.1, 0.15) is 11.6 Å². The van der Waals surface area contributed by atoms with E-state index in [0.717, 1.165) is 10.3 Å². The number of benzene rings is 2. The molecule has 0 aliphatic carbocycles. The van der Waals surface area contributed by atoms with Crippen LogP contribution in [0, 0.1) is 5.82 Å². The van der Waals surface area contributed by atoms with E-state index < -0.39 is 17.1 Å². The number of nitrogens with zero attached hydrogens (tertiary/aromatic N) is 5. The van der Waals surface area contributed by atoms with Gasteiger partial charge in [0.2, 0.25) is 5.95 Å². The fraction of sp³-hybridized carbons (Fsp3) is 0.227. The van der Waals surface area contributed by atoms with Crippen molar-refractivity contribution >= 4 is 22.8 Å². The number of para-hydroxylation sites is 2. The fourth-order valence-electron chi connectivity index (χ4n) is 4.10. The van der Waals surface area contributed by atoms with Crippen LogP contribution < -0.4 is 20.9 Å². The topological polar surface area (TPSA) is 74.3 Å². The van der Waals surface area contributed by atoms with Crippen molar-refractivity contribution in [3.63, 3.8) is 0 Å². The van der Waals surface area contributed by atoms with E-state index in [0.29, 0.717) is 36.0 Å². The van der Waals surface area contributed by atoms with E-state index in [-0.39, 0.29) is 12.1 Å². The molecule has 0 amide bonds. The fourth-order valence-corrected chi connectivity index (χ4v) is 4.10. The van der Waals surface area contributed by atoms with E-state index >= 15 is 0 Å². The molecule has 0 N–H and O–H groups in total. The molecule has 0 atom stereocenters. The number of ether oxygens (including phenoxy) is 1. The third kappa shape index (κ3) is 2.84. The highest BCUT2D eigenvalue weighted by atomic mass is 19.1. The minimum absolute atomic E-state index is 0.148. The Labute approximate surface area is 176 Å². The third-order valence-corrected chi connectivity index (χ3v) is 5.66. The maximum atomic E-state index is 14.2. The number of hydrogen-bond acceptors (Lipinski definition) is 5. The molecule has 0 spiro atoms. The van der Waals surface area contributed by atoms with Gasteiger partial charge in [-0.1, -0.05) is 30.3 Å².